The first-order chi connectivity index (χ1) is 12.5. The Kier molecular flexibility index (Phi) is 3.69. The molecule has 0 aliphatic carbocycles. The summed E-state index contributed by atoms with van der Waals surface area (Å²) in [7, 11) is 0. The van der Waals surface area contributed by atoms with Crippen molar-refractivity contribution in [3.8, 4) is 22.3 Å². The van der Waals surface area contributed by atoms with Crippen molar-refractivity contribution in [2.24, 2.45) is 0 Å². The normalized spacial score (nSPS) is 11.0. The number of H-pyrrole nitrogens is 1. The number of hydrogen-bond donors (Lipinski definition) is 2. The van der Waals surface area contributed by atoms with Gasteiger partial charge in [0.15, 0.2) is 0 Å². The van der Waals surface area contributed by atoms with E-state index in [1.165, 1.54) is 0 Å². The summed E-state index contributed by atoms with van der Waals surface area (Å²) in [5, 5.41) is 0.759. The maximum Gasteiger partial charge on any atom is 0.344 e. The molecule has 0 saturated carbocycles. The minimum Gasteiger partial charge on any atom is -0.422 e. The van der Waals surface area contributed by atoms with Gasteiger partial charge >= 0.3 is 5.63 Å². The van der Waals surface area contributed by atoms with Gasteiger partial charge in [-0.05, 0) is 60.5 Å². The van der Waals surface area contributed by atoms with Gasteiger partial charge in [-0.1, -0.05) is 12.1 Å². The van der Waals surface area contributed by atoms with Crippen LogP contribution in [0.15, 0.2) is 74.8 Å². The molecular formula is C21H16N2O3. The number of fused-ring (bicyclic) bond motifs is 1. The van der Waals surface area contributed by atoms with Crippen molar-refractivity contribution < 1.29 is 4.42 Å². The lowest BCUT2D eigenvalue weighted by molar-refractivity contribution is 0.564. The second-order valence-corrected chi connectivity index (χ2v) is 6.21. The van der Waals surface area contributed by atoms with E-state index in [9.17, 15) is 9.59 Å². The van der Waals surface area contributed by atoms with Crippen LogP contribution in [0, 0.1) is 6.92 Å². The van der Waals surface area contributed by atoms with Crippen LogP contribution in [0.5, 0.6) is 0 Å². The number of aryl methyl sites for hydroxylation is 1. The molecule has 5 nitrogen and oxygen atoms in total. The lowest BCUT2D eigenvalue weighted by Crippen LogP contribution is -2.08. The van der Waals surface area contributed by atoms with Crippen LogP contribution >= 0.6 is 0 Å². The minimum absolute atomic E-state index is 0.232. The van der Waals surface area contributed by atoms with Crippen LogP contribution in [0.2, 0.25) is 0 Å². The third-order valence-corrected chi connectivity index (χ3v) is 4.31. The van der Waals surface area contributed by atoms with E-state index >= 15 is 0 Å². The molecule has 0 amide bonds. The van der Waals surface area contributed by atoms with E-state index < -0.39 is 5.63 Å². The second-order valence-electron chi connectivity index (χ2n) is 6.21. The molecule has 4 aromatic rings. The monoisotopic (exact) mass is 344 g/mol. The lowest BCUT2D eigenvalue weighted by atomic mass is 9.99. The summed E-state index contributed by atoms with van der Waals surface area (Å²) < 4.78 is 5.63. The van der Waals surface area contributed by atoms with Gasteiger partial charge < -0.3 is 15.1 Å². The quantitative estimate of drug-likeness (QED) is 0.428. The Labute approximate surface area is 148 Å². The number of hydrogen-bond acceptors (Lipinski definition) is 4. The van der Waals surface area contributed by atoms with Gasteiger partial charge in [0.25, 0.3) is 5.56 Å². The molecule has 3 N–H and O–H groups in total. The van der Waals surface area contributed by atoms with Crippen molar-refractivity contribution in [3.63, 3.8) is 0 Å². The van der Waals surface area contributed by atoms with Crippen LogP contribution in [-0.4, -0.2) is 4.98 Å². The number of pyridine rings is 1. The van der Waals surface area contributed by atoms with Gasteiger partial charge in [0.2, 0.25) is 0 Å². The average Bonchev–Trinajstić information content (AvgIpc) is 2.62. The molecule has 5 heteroatoms. The molecule has 0 aliphatic heterocycles. The number of nitrogen functional groups attached to an aromatic ring is 1. The lowest BCUT2D eigenvalue weighted by Gasteiger charge is -2.09. The Morgan fingerprint density at radius 1 is 0.923 bits per heavy atom. The largest absolute Gasteiger partial charge is 0.422 e. The first kappa shape index (κ1) is 15.9. The summed E-state index contributed by atoms with van der Waals surface area (Å²) >= 11 is 0. The highest BCUT2D eigenvalue weighted by molar-refractivity contribution is 5.94. The van der Waals surface area contributed by atoms with Gasteiger partial charge in [0.1, 0.15) is 5.58 Å². The summed E-state index contributed by atoms with van der Waals surface area (Å²) in [6.45, 7) is 1.94. The van der Waals surface area contributed by atoms with E-state index in [0.717, 1.165) is 16.5 Å². The number of rotatable bonds is 2. The number of aromatic nitrogens is 1. The third-order valence-electron chi connectivity index (χ3n) is 4.31. The maximum absolute atomic E-state index is 12.6. The second kappa shape index (κ2) is 6.04. The van der Waals surface area contributed by atoms with Crippen molar-refractivity contribution in [1.82, 2.24) is 4.98 Å². The molecule has 2 aromatic heterocycles. The van der Waals surface area contributed by atoms with Crippen LogP contribution in [0.25, 0.3) is 33.2 Å². The Morgan fingerprint density at radius 3 is 2.42 bits per heavy atom. The SMILES string of the molecule is Cc1cc(-c2ccc[nH]c2=O)c2oc(=O)c(-c3ccc(N)cc3)cc2c1. The fourth-order valence-electron chi connectivity index (χ4n) is 3.08. The zero-order valence-electron chi connectivity index (χ0n) is 14.1. The first-order valence-electron chi connectivity index (χ1n) is 8.15. The molecule has 0 radical (unpaired) electrons. The van der Waals surface area contributed by atoms with Crippen LogP contribution in [-0.2, 0) is 0 Å². The van der Waals surface area contributed by atoms with Crippen molar-refractivity contribution >= 4 is 16.7 Å². The van der Waals surface area contributed by atoms with Crippen LogP contribution in [0.4, 0.5) is 5.69 Å². The fourth-order valence-corrected chi connectivity index (χ4v) is 3.08. The molecule has 4 rings (SSSR count). The summed E-state index contributed by atoms with van der Waals surface area (Å²) in [6, 6.07) is 16.1. The van der Waals surface area contributed by atoms with Gasteiger partial charge in [0.05, 0.1) is 11.1 Å². The number of nitrogens with two attached hydrogens (primary N) is 1. The van der Waals surface area contributed by atoms with Crippen LogP contribution < -0.4 is 16.9 Å². The van der Waals surface area contributed by atoms with Crippen molar-refractivity contribution in [3.05, 3.63) is 87.1 Å². The van der Waals surface area contributed by atoms with Gasteiger partial charge in [-0.3, -0.25) is 4.79 Å². The van der Waals surface area contributed by atoms with E-state index in [0.29, 0.717) is 28.0 Å². The highest BCUT2D eigenvalue weighted by Crippen LogP contribution is 2.30. The smallest absolute Gasteiger partial charge is 0.344 e. The molecule has 2 heterocycles. The highest BCUT2D eigenvalue weighted by Gasteiger charge is 2.14. The van der Waals surface area contributed by atoms with Gasteiger partial charge in [0, 0.05) is 22.8 Å². The Balaban J connectivity index is 2.02. The summed E-state index contributed by atoms with van der Waals surface area (Å²) in [5.74, 6) is 0. The van der Waals surface area contributed by atoms with E-state index in [1.54, 1.807) is 48.7 Å². The standard InChI is InChI=1S/C21H16N2O3/c1-12-9-14-11-17(13-4-6-15(22)7-5-13)21(25)26-19(14)18(10-12)16-3-2-8-23-20(16)24/h2-11H,22H2,1H3,(H,23,24). The fraction of sp³-hybridized carbons (Fsp3) is 0.0476. The van der Waals surface area contributed by atoms with E-state index in [1.807, 2.05) is 19.1 Å². The van der Waals surface area contributed by atoms with E-state index in [-0.39, 0.29) is 5.56 Å². The predicted octanol–water partition coefficient (Wildman–Crippen LogP) is 3.71. The molecule has 26 heavy (non-hydrogen) atoms. The Morgan fingerprint density at radius 2 is 1.69 bits per heavy atom. The van der Waals surface area contributed by atoms with Crippen molar-refractivity contribution in [2.45, 2.75) is 6.92 Å². The summed E-state index contributed by atoms with van der Waals surface area (Å²) in [6.07, 6.45) is 1.57. The molecule has 0 fully saturated rings. The molecule has 0 aliphatic rings. The minimum atomic E-state index is -0.459. The van der Waals surface area contributed by atoms with Gasteiger partial charge in [-0.25, -0.2) is 4.79 Å². The number of anilines is 1. The highest BCUT2D eigenvalue weighted by atomic mass is 16.4. The molecule has 0 spiro atoms. The van der Waals surface area contributed by atoms with E-state index in [2.05, 4.69) is 4.98 Å². The maximum atomic E-state index is 12.6. The predicted molar refractivity (Wildman–Crippen MR) is 103 cm³/mol. The topological polar surface area (TPSA) is 89.1 Å². The number of aromatic amines is 1. The molecule has 0 unspecified atom stereocenters. The van der Waals surface area contributed by atoms with Crippen molar-refractivity contribution in [1.29, 1.82) is 0 Å². The van der Waals surface area contributed by atoms with Crippen LogP contribution in [0.3, 0.4) is 0 Å². The van der Waals surface area contributed by atoms with Gasteiger partial charge in [-0.2, -0.15) is 0 Å². The Hall–Kier alpha value is -3.60. The Bertz CT molecular complexity index is 1230. The molecule has 0 atom stereocenters. The zero-order valence-corrected chi connectivity index (χ0v) is 14.1. The van der Waals surface area contributed by atoms with E-state index in [4.69, 9.17) is 10.2 Å². The number of nitrogens with one attached hydrogen (secondary N) is 1. The molecule has 2 aromatic carbocycles. The molecular weight excluding hydrogens is 328 g/mol. The molecule has 128 valence electrons. The molecule has 0 saturated heterocycles. The summed E-state index contributed by atoms with van der Waals surface area (Å²) in [4.78, 5) is 27.4. The summed E-state index contributed by atoms with van der Waals surface area (Å²) in [5.41, 5.74) is 9.27. The van der Waals surface area contributed by atoms with Crippen molar-refractivity contribution in [2.75, 3.05) is 5.73 Å². The zero-order chi connectivity index (χ0) is 18.3. The number of benzene rings is 2. The third kappa shape index (κ3) is 2.69. The average molecular weight is 344 g/mol. The van der Waals surface area contributed by atoms with Gasteiger partial charge in [-0.15, -0.1) is 0 Å². The molecule has 0 bridgehead atoms. The van der Waals surface area contributed by atoms with Crippen LogP contribution in [0.1, 0.15) is 5.56 Å². The first-order valence-corrected chi connectivity index (χ1v) is 8.15.